The van der Waals surface area contributed by atoms with E-state index in [4.69, 9.17) is 4.74 Å². The van der Waals surface area contributed by atoms with Crippen LogP contribution in [0.5, 0.6) is 0 Å². The summed E-state index contributed by atoms with van der Waals surface area (Å²) in [5, 5.41) is 3.67. The molecule has 0 spiro atoms. The normalized spacial score (nSPS) is 26.4. The SMILES string of the molecule is CC(C)(C)OC(=O)N1C2CCC1CC(Nc1cc(I)ccc1Br)C2. The molecule has 0 saturated carbocycles. The van der Waals surface area contributed by atoms with Crippen molar-refractivity contribution in [1.29, 1.82) is 0 Å². The Morgan fingerprint density at radius 2 is 1.92 bits per heavy atom. The highest BCUT2D eigenvalue weighted by Crippen LogP contribution is 2.38. The third-order valence-corrected chi connectivity index (χ3v) is 5.99. The van der Waals surface area contributed by atoms with Crippen LogP contribution in [0.25, 0.3) is 0 Å². The van der Waals surface area contributed by atoms with Crippen molar-refractivity contribution in [2.24, 2.45) is 0 Å². The second kappa shape index (κ2) is 7.02. The monoisotopic (exact) mass is 506 g/mol. The van der Waals surface area contributed by atoms with Gasteiger partial charge in [-0.15, -0.1) is 0 Å². The summed E-state index contributed by atoms with van der Waals surface area (Å²) in [4.78, 5) is 14.5. The first-order chi connectivity index (χ1) is 11.2. The smallest absolute Gasteiger partial charge is 0.410 e. The van der Waals surface area contributed by atoms with Crippen LogP contribution >= 0.6 is 38.5 Å². The predicted octanol–water partition coefficient (Wildman–Crippen LogP) is 5.40. The molecule has 0 aliphatic carbocycles. The minimum Gasteiger partial charge on any atom is -0.444 e. The van der Waals surface area contributed by atoms with E-state index >= 15 is 0 Å². The lowest BCUT2D eigenvalue weighted by molar-refractivity contribution is 0.00683. The fourth-order valence-electron chi connectivity index (χ4n) is 3.74. The maximum atomic E-state index is 12.5. The quantitative estimate of drug-likeness (QED) is 0.546. The van der Waals surface area contributed by atoms with Crippen molar-refractivity contribution in [1.82, 2.24) is 4.90 Å². The van der Waals surface area contributed by atoms with Crippen LogP contribution in [0.1, 0.15) is 46.5 Å². The fraction of sp³-hybridized carbons (Fsp3) is 0.611. The second-order valence-corrected chi connectivity index (χ2v) is 9.81. The Labute approximate surface area is 166 Å². The van der Waals surface area contributed by atoms with Crippen LogP contribution in [-0.2, 0) is 4.74 Å². The third-order valence-electron chi connectivity index (χ3n) is 4.63. The van der Waals surface area contributed by atoms with Crippen LogP contribution in [0.2, 0.25) is 0 Å². The summed E-state index contributed by atoms with van der Waals surface area (Å²) in [5.74, 6) is 0. The molecule has 2 saturated heterocycles. The van der Waals surface area contributed by atoms with Gasteiger partial charge < -0.3 is 15.0 Å². The Balaban J connectivity index is 1.67. The molecule has 4 nitrogen and oxygen atoms in total. The Hall–Kier alpha value is -0.500. The van der Waals surface area contributed by atoms with Gasteiger partial charge in [0.1, 0.15) is 5.60 Å². The van der Waals surface area contributed by atoms with E-state index in [1.807, 2.05) is 25.7 Å². The van der Waals surface area contributed by atoms with Crippen LogP contribution in [-0.4, -0.2) is 34.7 Å². The Kier molecular flexibility index (Phi) is 5.35. The number of hydrogen-bond acceptors (Lipinski definition) is 3. The average Bonchev–Trinajstić information content (AvgIpc) is 2.73. The molecule has 6 heteroatoms. The highest BCUT2D eigenvalue weighted by molar-refractivity contribution is 14.1. The number of fused-ring (bicyclic) bond motifs is 2. The fourth-order valence-corrected chi connectivity index (χ4v) is 4.59. The van der Waals surface area contributed by atoms with Crippen molar-refractivity contribution in [3.63, 3.8) is 0 Å². The van der Waals surface area contributed by atoms with E-state index in [0.29, 0.717) is 6.04 Å². The molecule has 0 aromatic heterocycles. The van der Waals surface area contributed by atoms with Gasteiger partial charge in [0, 0.05) is 31.9 Å². The van der Waals surface area contributed by atoms with Crippen molar-refractivity contribution in [2.45, 2.75) is 70.2 Å². The molecular weight excluding hydrogens is 483 g/mol. The molecule has 1 aromatic rings. The van der Waals surface area contributed by atoms with Crippen molar-refractivity contribution >= 4 is 50.3 Å². The van der Waals surface area contributed by atoms with Crippen LogP contribution < -0.4 is 5.32 Å². The van der Waals surface area contributed by atoms with Gasteiger partial charge >= 0.3 is 6.09 Å². The molecule has 2 bridgehead atoms. The maximum Gasteiger partial charge on any atom is 0.410 e. The van der Waals surface area contributed by atoms with Crippen molar-refractivity contribution in [3.05, 3.63) is 26.2 Å². The third kappa shape index (κ3) is 4.18. The Bertz CT molecular complexity index is 618. The number of nitrogens with zero attached hydrogens (tertiary/aromatic N) is 1. The van der Waals surface area contributed by atoms with Gasteiger partial charge in [0.25, 0.3) is 0 Å². The number of hydrogen-bond donors (Lipinski definition) is 1. The van der Waals surface area contributed by atoms with E-state index in [0.717, 1.165) is 35.8 Å². The summed E-state index contributed by atoms with van der Waals surface area (Å²) in [5.41, 5.74) is 0.703. The van der Waals surface area contributed by atoms with Gasteiger partial charge in [-0.1, -0.05) is 0 Å². The first-order valence-corrected chi connectivity index (χ1v) is 10.3. The lowest BCUT2D eigenvalue weighted by atomic mass is 9.97. The molecule has 0 radical (unpaired) electrons. The highest BCUT2D eigenvalue weighted by atomic mass is 127. The maximum absolute atomic E-state index is 12.5. The molecule has 3 rings (SSSR count). The van der Waals surface area contributed by atoms with Gasteiger partial charge in [0.2, 0.25) is 0 Å². The van der Waals surface area contributed by atoms with E-state index in [2.05, 4.69) is 62.0 Å². The van der Waals surface area contributed by atoms with E-state index in [9.17, 15) is 4.79 Å². The predicted molar refractivity (Wildman–Crippen MR) is 108 cm³/mol. The first kappa shape index (κ1) is 18.3. The minimum absolute atomic E-state index is 0.149. The lowest BCUT2D eigenvalue weighted by Crippen LogP contribution is -2.51. The van der Waals surface area contributed by atoms with Crippen molar-refractivity contribution < 1.29 is 9.53 Å². The number of carbonyl (C=O) groups is 1. The van der Waals surface area contributed by atoms with Crippen molar-refractivity contribution in [2.75, 3.05) is 5.32 Å². The summed E-state index contributed by atoms with van der Waals surface area (Å²) in [6, 6.07) is 7.30. The summed E-state index contributed by atoms with van der Waals surface area (Å²) in [7, 11) is 0. The van der Waals surface area contributed by atoms with E-state index in [1.165, 1.54) is 3.57 Å². The number of ether oxygens (including phenoxy) is 1. The number of amides is 1. The van der Waals surface area contributed by atoms with E-state index in [1.54, 1.807) is 0 Å². The number of benzene rings is 1. The number of rotatable bonds is 2. The molecule has 2 heterocycles. The van der Waals surface area contributed by atoms with Crippen LogP contribution in [0.15, 0.2) is 22.7 Å². The number of carbonyl (C=O) groups excluding carboxylic acids is 1. The Morgan fingerprint density at radius 3 is 2.50 bits per heavy atom. The zero-order valence-electron chi connectivity index (χ0n) is 14.3. The summed E-state index contributed by atoms with van der Waals surface area (Å²) < 4.78 is 7.91. The number of halogens is 2. The van der Waals surface area contributed by atoms with Crippen LogP contribution in [0.3, 0.4) is 0 Å². The molecule has 2 atom stereocenters. The molecule has 2 fully saturated rings. The average molecular weight is 507 g/mol. The van der Waals surface area contributed by atoms with E-state index < -0.39 is 5.60 Å². The molecule has 1 amide bonds. The lowest BCUT2D eigenvalue weighted by Gasteiger charge is -2.40. The summed E-state index contributed by atoms with van der Waals surface area (Å²) >= 11 is 5.95. The first-order valence-electron chi connectivity index (χ1n) is 8.46. The second-order valence-electron chi connectivity index (χ2n) is 7.71. The van der Waals surface area contributed by atoms with Gasteiger partial charge in [-0.3, -0.25) is 0 Å². The van der Waals surface area contributed by atoms with Crippen LogP contribution in [0, 0.1) is 3.57 Å². The van der Waals surface area contributed by atoms with E-state index in [-0.39, 0.29) is 18.2 Å². The zero-order chi connectivity index (χ0) is 17.5. The van der Waals surface area contributed by atoms with Gasteiger partial charge in [0.05, 0.1) is 0 Å². The van der Waals surface area contributed by atoms with Gasteiger partial charge in [-0.05, 0) is 103 Å². The van der Waals surface area contributed by atoms with Gasteiger partial charge in [0.15, 0.2) is 0 Å². The highest BCUT2D eigenvalue weighted by Gasteiger charge is 2.44. The molecule has 2 aliphatic heterocycles. The largest absolute Gasteiger partial charge is 0.444 e. The van der Waals surface area contributed by atoms with Gasteiger partial charge in [-0.25, -0.2) is 4.79 Å². The topological polar surface area (TPSA) is 41.6 Å². The number of piperidine rings is 1. The minimum atomic E-state index is -0.433. The van der Waals surface area contributed by atoms with Gasteiger partial charge in [-0.2, -0.15) is 0 Å². The molecule has 2 unspecified atom stereocenters. The van der Waals surface area contributed by atoms with Crippen LogP contribution in [0.4, 0.5) is 10.5 Å². The standard InChI is InChI=1S/C18H24BrIN2O2/c1-18(2,3)24-17(23)22-13-5-6-14(22)10-12(9-13)21-16-8-11(20)4-7-15(16)19/h4,7-8,12-14,21H,5-6,9-10H2,1-3H3. The molecule has 1 N–H and O–H groups in total. The number of nitrogens with one attached hydrogen (secondary N) is 1. The molecule has 24 heavy (non-hydrogen) atoms. The Morgan fingerprint density at radius 1 is 1.29 bits per heavy atom. The van der Waals surface area contributed by atoms with Crippen molar-refractivity contribution in [3.8, 4) is 0 Å². The molecular formula is C18H24BrIN2O2. The zero-order valence-corrected chi connectivity index (χ0v) is 18.1. The summed E-state index contributed by atoms with van der Waals surface area (Å²) in [6.07, 6.45) is 3.97. The molecule has 2 aliphatic rings. The summed E-state index contributed by atoms with van der Waals surface area (Å²) in [6.45, 7) is 5.78. The number of anilines is 1. The molecule has 1 aromatic carbocycles. The molecule has 132 valence electrons.